The van der Waals surface area contributed by atoms with Gasteiger partial charge in [-0.25, -0.2) is 0 Å². The molecular formula is C28H26N2O4. The number of fused-ring (bicyclic) bond motifs is 2. The molecule has 1 aliphatic heterocycles. The van der Waals surface area contributed by atoms with Gasteiger partial charge in [0.1, 0.15) is 11.3 Å². The second kappa shape index (κ2) is 8.78. The Balaban J connectivity index is 1.72. The lowest BCUT2D eigenvalue weighted by Crippen LogP contribution is -2.29. The zero-order chi connectivity index (χ0) is 23.8. The SMILES string of the molecule is CCCOc1cccc(C2c3c(oc4cc(C)cc(C)c4c3=O)C(=O)N2Cc2cccnc2)c1. The van der Waals surface area contributed by atoms with Crippen LogP contribution in [0.15, 0.2) is 70.1 Å². The molecule has 0 bridgehead atoms. The molecule has 6 nitrogen and oxygen atoms in total. The number of nitrogens with zero attached hydrogens (tertiary/aromatic N) is 2. The number of pyridine rings is 1. The van der Waals surface area contributed by atoms with Crippen LogP contribution < -0.4 is 10.2 Å². The van der Waals surface area contributed by atoms with Crippen LogP contribution in [0.4, 0.5) is 0 Å². The molecule has 1 amide bonds. The number of aryl methyl sites for hydroxylation is 2. The third kappa shape index (κ3) is 3.75. The standard InChI is InChI=1S/C28H26N2O4/c1-4-11-33-21-9-5-8-20(14-21)25-24-26(31)23-18(3)12-17(2)13-22(23)34-27(24)28(32)30(25)16-19-7-6-10-29-15-19/h5-10,12-15,25H,4,11,16H2,1-3H3. The van der Waals surface area contributed by atoms with Crippen molar-refractivity contribution >= 4 is 16.9 Å². The van der Waals surface area contributed by atoms with Gasteiger partial charge in [-0.1, -0.05) is 31.2 Å². The van der Waals surface area contributed by atoms with Gasteiger partial charge in [0.05, 0.1) is 23.6 Å². The first kappa shape index (κ1) is 21.9. The lowest BCUT2D eigenvalue weighted by molar-refractivity contribution is 0.0714. The van der Waals surface area contributed by atoms with Gasteiger partial charge in [0.15, 0.2) is 5.43 Å². The van der Waals surface area contributed by atoms with Crippen molar-refractivity contribution < 1.29 is 13.9 Å². The number of hydrogen-bond acceptors (Lipinski definition) is 5. The van der Waals surface area contributed by atoms with Crippen molar-refractivity contribution in [1.82, 2.24) is 9.88 Å². The summed E-state index contributed by atoms with van der Waals surface area (Å²) >= 11 is 0. The molecule has 0 saturated heterocycles. The van der Waals surface area contributed by atoms with E-state index in [1.807, 2.05) is 69.3 Å². The minimum absolute atomic E-state index is 0.108. The molecule has 4 aromatic rings. The molecular weight excluding hydrogens is 428 g/mol. The second-order valence-corrected chi connectivity index (χ2v) is 8.75. The fourth-order valence-electron chi connectivity index (χ4n) is 4.71. The highest BCUT2D eigenvalue weighted by Gasteiger charge is 2.43. The van der Waals surface area contributed by atoms with Crippen LogP contribution in [0, 0.1) is 13.8 Å². The molecule has 5 rings (SSSR count). The maximum absolute atomic E-state index is 13.9. The van der Waals surface area contributed by atoms with Gasteiger partial charge in [-0.2, -0.15) is 0 Å². The topological polar surface area (TPSA) is 72.6 Å². The van der Waals surface area contributed by atoms with Crippen LogP contribution in [0.2, 0.25) is 0 Å². The summed E-state index contributed by atoms with van der Waals surface area (Å²) in [6, 6.07) is 14.5. The average molecular weight is 455 g/mol. The molecule has 0 aliphatic carbocycles. The lowest BCUT2D eigenvalue weighted by Gasteiger charge is -2.25. The summed E-state index contributed by atoms with van der Waals surface area (Å²) in [6.45, 7) is 6.79. The summed E-state index contributed by atoms with van der Waals surface area (Å²) < 4.78 is 12.0. The molecule has 6 heteroatoms. The molecule has 0 fully saturated rings. The number of ether oxygens (including phenoxy) is 1. The molecule has 172 valence electrons. The molecule has 0 N–H and O–H groups in total. The Morgan fingerprint density at radius 3 is 2.71 bits per heavy atom. The Kier molecular flexibility index (Phi) is 5.65. The molecule has 1 unspecified atom stereocenters. The second-order valence-electron chi connectivity index (χ2n) is 8.75. The van der Waals surface area contributed by atoms with Gasteiger partial charge in [-0.3, -0.25) is 14.6 Å². The normalized spacial score (nSPS) is 15.1. The van der Waals surface area contributed by atoms with Crippen LogP contribution in [-0.2, 0) is 6.54 Å². The van der Waals surface area contributed by atoms with Crippen LogP contribution in [0.3, 0.4) is 0 Å². The van der Waals surface area contributed by atoms with Crippen LogP contribution >= 0.6 is 0 Å². The van der Waals surface area contributed by atoms with Crippen molar-refractivity contribution in [3.63, 3.8) is 0 Å². The predicted molar refractivity (Wildman–Crippen MR) is 130 cm³/mol. The Labute approximate surface area is 197 Å². The minimum atomic E-state index is -0.589. The van der Waals surface area contributed by atoms with E-state index in [2.05, 4.69) is 4.98 Å². The number of amides is 1. The molecule has 1 atom stereocenters. The van der Waals surface area contributed by atoms with Crippen molar-refractivity contribution in [2.75, 3.05) is 6.61 Å². The summed E-state index contributed by atoms with van der Waals surface area (Å²) in [7, 11) is 0. The van der Waals surface area contributed by atoms with Crippen molar-refractivity contribution in [2.24, 2.45) is 0 Å². The first-order valence-corrected chi connectivity index (χ1v) is 11.5. The van der Waals surface area contributed by atoms with Crippen molar-refractivity contribution in [1.29, 1.82) is 0 Å². The zero-order valence-electron chi connectivity index (χ0n) is 19.5. The first-order chi connectivity index (χ1) is 16.5. The van der Waals surface area contributed by atoms with Gasteiger partial charge >= 0.3 is 0 Å². The smallest absolute Gasteiger partial charge is 0.291 e. The Morgan fingerprint density at radius 2 is 1.94 bits per heavy atom. The number of carbonyl (C=O) groups excluding carboxylic acids is 1. The van der Waals surface area contributed by atoms with Crippen LogP contribution in [0.1, 0.15) is 57.8 Å². The molecule has 0 saturated carbocycles. The molecule has 0 spiro atoms. The van der Waals surface area contributed by atoms with Crippen LogP contribution in [0.5, 0.6) is 5.75 Å². The number of benzene rings is 2. The number of carbonyl (C=O) groups is 1. The van der Waals surface area contributed by atoms with Gasteiger partial charge in [-0.05, 0) is 66.8 Å². The average Bonchev–Trinajstić information content (AvgIpc) is 3.10. The Morgan fingerprint density at radius 1 is 1.09 bits per heavy atom. The quantitative estimate of drug-likeness (QED) is 0.393. The third-order valence-electron chi connectivity index (χ3n) is 6.13. The van der Waals surface area contributed by atoms with E-state index in [1.165, 1.54) is 0 Å². The summed E-state index contributed by atoms with van der Waals surface area (Å²) in [6.07, 6.45) is 4.31. The highest BCUT2D eigenvalue weighted by Crippen LogP contribution is 2.40. The van der Waals surface area contributed by atoms with E-state index in [-0.39, 0.29) is 17.1 Å². The van der Waals surface area contributed by atoms with E-state index >= 15 is 0 Å². The minimum Gasteiger partial charge on any atom is -0.494 e. The number of rotatable bonds is 6. The predicted octanol–water partition coefficient (Wildman–Crippen LogP) is 5.34. The maximum atomic E-state index is 13.9. The summed E-state index contributed by atoms with van der Waals surface area (Å²) in [5.74, 6) is 0.511. The van der Waals surface area contributed by atoms with Crippen molar-refractivity contribution in [3.8, 4) is 5.75 Å². The van der Waals surface area contributed by atoms with E-state index < -0.39 is 6.04 Å². The lowest BCUT2D eigenvalue weighted by atomic mass is 9.96. The highest BCUT2D eigenvalue weighted by molar-refractivity contribution is 5.99. The monoisotopic (exact) mass is 454 g/mol. The van der Waals surface area contributed by atoms with E-state index in [9.17, 15) is 9.59 Å². The van der Waals surface area contributed by atoms with Crippen LogP contribution in [-0.4, -0.2) is 22.4 Å². The van der Waals surface area contributed by atoms with Crippen LogP contribution in [0.25, 0.3) is 11.0 Å². The summed E-state index contributed by atoms with van der Waals surface area (Å²) in [5.41, 5.74) is 4.14. The Hall–Kier alpha value is -3.93. The van der Waals surface area contributed by atoms with Gasteiger partial charge in [0.2, 0.25) is 5.76 Å². The maximum Gasteiger partial charge on any atom is 0.291 e. The van der Waals surface area contributed by atoms with Gasteiger partial charge < -0.3 is 14.1 Å². The van der Waals surface area contributed by atoms with E-state index in [4.69, 9.17) is 9.15 Å². The van der Waals surface area contributed by atoms with E-state index in [1.54, 1.807) is 17.3 Å². The summed E-state index contributed by atoms with van der Waals surface area (Å²) in [5, 5.41) is 0.517. The fraction of sp³-hybridized carbons (Fsp3) is 0.250. The van der Waals surface area contributed by atoms with Crippen molar-refractivity contribution in [3.05, 3.63) is 105 Å². The van der Waals surface area contributed by atoms with Crippen molar-refractivity contribution in [2.45, 2.75) is 39.8 Å². The molecule has 0 radical (unpaired) electrons. The molecule has 34 heavy (non-hydrogen) atoms. The third-order valence-corrected chi connectivity index (χ3v) is 6.13. The Bertz CT molecular complexity index is 1440. The molecule has 2 aromatic carbocycles. The molecule has 3 heterocycles. The first-order valence-electron chi connectivity index (χ1n) is 11.5. The van der Waals surface area contributed by atoms with E-state index in [0.29, 0.717) is 35.4 Å². The number of aromatic nitrogens is 1. The zero-order valence-corrected chi connectivity index (χ0v) is 19.5. The molecule has 1 aliphatic rings. The van der Waals surface area contributed by atoms with Gasteiger partial charge in [-0.15, -0.1) is 0 Å². The molecule has 2 aromatic heterocycles. The summed E-state index contributed by atoms with van der Waals surface area (Å²) in [4.78, 5) is 33.4. The van der Waals surface area contributed by atoms with Gasteiger partial charge in [0, 0.05) is 18.9 Å². The fourth-order valence-corrected chi connectivity index (χ4v) is 4.71. The van der Waals surface area contributed by atoms with Gasteiger partial charge in [0.25, 0.3) is 5.91 Å². The largest absolute Gasteiger partial charge is 0.494 e. The van der Waals surface area contributed by atoms with E-state index in [0.717, 1.165) is 28.7 Å². The highest BCUT2D eigenvalue weighted by atomic mass is 16.5. The number of hydrogen-bond donors (Lipinski definition) is 0.